The summed E-state index contributed by atoms with van der Waals surface area (Å²) in [5.74, 6) is -0.248. The Morgan fingerprint density at radius 3 is 2.50 bits per heavy atom. The average Bonchev–Trinajstić information content (AvgIpc) is 2.47. The Hall–Kier alpha value is -2.89. The second-order valence-electron chi connectivity index (χ2n) is 4.41. The van der Waals surface area contributed by atoms with E-state index in [9.17, 15) is 14.9 Å². The molecule has 0 fully saturated rings. The van der Waals surface area contributed by atoms with E-state index < -0.39 is 11.1 Å². The van der Waals surface area contributed by atoms with Gasteiger partial charge in [-0.2, -0.15) is 0 Å². The van der Waals surface area contributed by atoms with Gasteiger partial charge in [0, 0.05) is 11.8 Å². The molecule has 6 nitrogen and oxygen atoms in total. The Labute approximate surface area is 114 Å². The van der Waals surface area contributed by atoms with Crippen LogP contribution in [0.3, 0.4) is 0 Å². The highest BCUT2D eigenvalue weighted by Crippen LogP contribution is 2.30. The fourth-order valence-electron chi connectivity index (χ4n) is 2.26. The summed E-state index contributed by atoms with van der Waals surface area (Å²) >= 11 is 0. The zero-order valence-electron chi connectivity index (χ0n) is 10.4. The maximum absolute atomic E-state index is 12.0. The lowest BCUT2D eigenvalue weighted by molar-refractivity contribution is -0.385. The molecule has 20 heavy (non-hydrogen) atoms. The van der Waals surface area contributed by atoms with Crippen LogP contribution in [0.25, 0.3) is 0 Å². The third-order valence-corrected chi connectivity index (χ3v) is 3.19. The van der Waals surface area contributed by atoms with E-state index in [2.05, 4.69) is 10.6 Å². The van der Waals surface area contributed by atoms with Gasteiger partial charge in [0.15, 0.2) is 0 Å². The van der Waals surface area contributed by atoms with Crippen molar-refractivity contribution in [1.82, 2.24) is 5.32 Å². The van der Waals surface area contributed by atoms with Gasteiger partial charge in [-0.1, -0.05) is 24.3 Å². The fraction of sp³-hybridized carbons (Fsp3) is 0.0714. The van der Waals surface area contributed by atoms with Gasteiger partial charge in [0.2, 0.25) is 0 Å². The summed E-state index contributed by atoms with van der Waals surface area (Å²) in [6.07, 6.45) is -0.612. The fourth-order valence-corrected chi connectivity index (χ4v) is 2.26. The number of anilines is 1. The first-order chi connectivity index (χ1) is 9.66. The lowest BCUT2D eigenvalue weighted by Gasteiger charge is -2.27. The van der Waals surface area contributed by atoms with E-state index in [0.717, 1.165) is 0 Å². The molecule has 0 aliphatic carbocycles. The van der Waals surface area contributed by atoms with Crippen LogP contribution < -0.4 is 10.6 Å². The number of amides is 1. The predicted octanol–water partition coefficient (Wildman–Crippen LogP) is 2.45. The third kappa shape index (κ3) is 1.97. The highest BCUT2D eigenvalue weighted by Gasteiger charge is 2.28. The van der Waals surface area contributed by atoms with Crippen LogP contribution in [0, 0.1) is 10.1 Å². The van der Waals surface area contributed by atoms with Crippen LogP contribution in [0.5, 0.6) is 0 Å². The van der Waals surface area contributed by atoms with Gasteiger partial charge in [0.05, 0.1) is 16.1 Å². The number of nitrogens with one attached hydrogen (secondary N) is 2. The molecule has 1 aliphatic heterocycles. The number of hydrogen-bond acceptors (Lipinski definition) is 4. The monoisotopic (exact) mass is 269 g/mol. The first kappa shape index (κ1) is 12.2. The van der Waals surface area contributed by atoms with Crippen LogP contribution in [0.1, 0.15) is 22.1 Å². The topological polar surface area (TPSA) is 84.3 Å². The summed E-state index contributed by atoms with van der Waals surface area (Å²) in [4.78, 5) is 22.6. The number of para-hydroxylation sites is 2. The van der Waals surface area contributed by atoms with E-state index in [1.165, 1.54) is 6.07 Å². The zero-order valence-corrected chi connectivity index (χ0v) is 10.4. The molecule has 1 amide bonds. The zero-order chi connectivity index (χ0) is 14.1. The Morgan fingerprint density at radius 1 is 1.00 bits per heavy atom. The van der Waals surface area contributed by atoms with Gasteiger partial charge in [-0.15, -0.1) is 0 Å². The number of nitrogens with zero attached hydrogens (tertiary/aromatic N) is 1. The molecule has 0 unspecified atom stereocenters. The molecule has 100 valence electrons. The average molecular weight is 269 g/mol. The number of rotatable bonds is 2. The van der Waals surface area contributed by atoms with Crippen molar-refractivity contribution in [2.75, 3.05) is 5.32 Å². The molecular formula is C14H11N3O3. The maximum Gasteiger partial charge on any atom is 0.276 e. The number of benzene rings is 2. The third-order valence-electron chi connectivity index (χ3n) is 3.19. The predicted molar refractivity (Wildman–Crippen MR) is 73.4 cm³/mol. The van der Waals surface area contributed by atoms with Crippen molar-refractivity contribution in [1.29, 1.82) is 0 Å². The van der Waals surface area contributed by atoms with Gasteiger partial charge in [-0.3, -0.25) is 14.9 Å². The lowest BCUT2D eigenvalue weighted by atomic mass is 10.0. The minimum absolute atomic E-state index is 0.0234. The van der Waals surface area contributed by atoms with Gasteiger partial charge in [-0.05, 0) is 18.2 Å². The summed E-state index contributed by atoms with van der Waals surface area (Å²) in [6.45, 7) is 0. The largest absolute Gasteiger partial charge is 0.361 e. The van der Waals surface area contributed by atoms with E-state index in [4.69, 9.17) is 0 Å². The van der Waals surface area contributed by atoms with Gasteiger partial charge in [0.25, 0.3) is 11.6 Å². The van der Waals surface area contributed by atoms with Gasteiger partial charge in [0.1, 0.15) is 6.17 Å². The number of nitro benzene ring substituents is 1. The van der Waals surface area contributed by atoms with Crippen molar-refractivity contribution in [2.45, 2.75) is 6.17 Å². The van der Waals surface area contributed by atoms with Gasteiger partial charge < -0.3 is 10.6 Å². The number of hydrogen-bond donors (Lipinski definition) is 2. The summed E-state index contributed by atoms with van der Waals surface area (Å²) in [5, 5.41) is 16.9. The SMILES string of the molecule is O=C1N[C@@H](c2ccccc2[N+](=O)[O-])Nc2ccccc21. The van der Waals surface area contributed by atoms with Gasteiger partial charge >= 0.3 is 0 Å². The standard InChI is InChI=1S/C14H11N3O3/c18-14-9-5-1-3-7-11(9)15-13(16-14)10-6-2-4-8-12(10)17(19)20/h1-8,13,15H,(H,16,18)/t13-/m0/s1. The smallest absolute Gasteiger partial charge is 0.276 e. The van der Waals surface area contributed by atoms with Crippen molar-refractivity contribution < 1.29 is 9.72 Å². The van der Waals surface area contributed by atoms with Crippen molar-refractivity contribution in [2.24, 2.45) is 0 Å². The summed E-state index contributed by atoms with van der Waals surface area (Å²) in [6, 6.07) is 13.4. The molecule has 0 radical (unpaired) electrons. The molecule has 2 aromatic rings. The molecular weight excluding hydrogens is 258 g/mol. The molecule has 1 aliphatic rings. The summed E-state index contributed by atoms with van der Waals surface area (Å²) in [5.41, 5.74) is 1.60. The van der Waals surface area contributed by atoms with E-state index >= 15 is 0 Å². The first-order valence-electron chi connectivity index (χ1n) is 6.06. The molecule has 0 saturated heterocycles. The highest BCUT2D eigenvalue weighted by molar-refractivity contribution is 6.01. The molecule has 2 N–H and O–H groups in total. The maximum atomic E-state index is 12.0. The number of fused-ring (bicyclic) bond motifs is 1. The molecule has 1 atom stereocenters. The van der Waals surface area contributed by atoms with E-state index in [-0.39, 0.29) is 11.6 Å². The lowest BCUT2D eigenvalue weighted by Crippen LogP contribution is -2.38. The van der Waals surface area contributed by atoms with Crippen LogP contribution in [-0.2, 0) is 0 Å². The van der Waals surface area contributed by atoms with Gasteiger partial charge in [-0.25, -0.2) is 0 Å². The Balaban J connectivity index is 2.02. The van der Waals surface area contributed by atoms with Crippen LogP contribution in [0.15, 0.2) is 48.5 Å². The number of carbonyl (C=O) groups excluding carboxylic acids is 1. The van der Waals surface area contributed by atoms with Crippen molar-refractivity contribution >= 4 is 17.3 Å². The molecule has 0 spiro atoms. The van der Waals surface area contributed by atoms with E-state index in [1.807, 2.05) is 0 Å². The molecule has 3 rings (SSSR count). The molecule has 0 bridgehead atoms. The minimum atomic E-state index is -0.612. The molecule has 0 saturated carbocycles. The van der Waals surface area contributed by atoms with E-state index in [0.29, 0.717) is 16.8 Å². The second kappa shape index (κ2) is 4.65. The van der Waals surface area contributed by atoms with Crippen LogP contribution in [-0.4, -0.2) is 10.8 Å². The minimum Gasteiger partial charge on any atom is -0.361 e. The normalized spacial score (nSPS) is 16.8. The quantitative estimate of drug-likeness (QED) is 0.647. The molecule has 0 aromatic heterocycles. The Kier molecular flexibility index (Phi) is 2.83. The molecule has 6 heteroatoms. The van der Waals surface area contributed by atoms with Crippen LogP contribution in [0.2, 0.25) is 0 Å². The van der Waals surface area contributed by atoms with Crippen molar-refractivity contribution in [3.8, 4) is 0 Å². The van der Waals surface area contributed by atoms with Crippen LogP contribution in [0.4, 0.5) is 11.4 Å². The Morgan fingerprint density at radius 2 is 1.70 bits per heavy atom. The van der Waals surface area contributed by atoms with Crippen molar-refractivity contribution in [3.05, 3.63) is 69.8 Å². The summed E-state index contributed by atoms with van der Waals surface area (Å²) < 4.78 is 0. The first-order valence-corrected chi connectivity index (χ1v) is 6.06. The number of nitro groups is 1. The summed E-state index contributed by atoms with van der Waals surface area (Å²) in [7, 11) is 0. The Bertz CT molecular complexity index is 700. The highest BCUT2D eigenvalue weighted by atomic mass is 16.6. The number of carbonyl (C=O) groups is 1. The van der Waals surface area contributed by atoms with Crippen molar-refractivity contribution in [3.63, 3.8) is 0 Å². The van der Waals surface area contributed by atoms with Crippen LogP contribution >= 0.6 is 0 Å². The molecule has 1 heterocycles. The molecule has 2 aromatic carbocycles. The second-order valence-corrected chi connectivity index (χ2v) is 4.41. The van der Waals surface area contributed by atoms with E-state index in [1.54, 1.807) is 42.5 Å².